The van der Waals surface area contributed by atoms with Gasteiger partial charge in [-0.05, 0) is 37.2 Å². The molecule has 0 spiro atoms. The van der Waals surface area contributed by atoms with E-state index in [2.05, 4.69) is 15.6 Å². The average Bonchev–Trinajstić information content (AvgIpc) is 3.10. The van der Waals surface area contributed by atoms with E-state index in [0.29, 0.717) is 11.3 Å². The lowest BCUT2D eigenvalue weighted by molar-refractivity contribution is -0.122. The molecule has 0 saturated carbocycles. The Morgan fingerprint density at radius 2 is 2.23 bits per heavy atom. The molecular formula is C17H18ClFN4O3. The SMILES string of the molecule is CNC(=O)C(C)/C(C)=C\C(=N\O)Oc1ccn(-c2ccc(F)c(Cl)c2)n1. The van der Waals surface area contributed by atoms with Crippen LogP contribution < -0.4 is 10.1 Å². The van der Waals surface area contributed by atoms with Crippen LogP contribution in [-0.2, 0) is 4.79 Å². The van der Waals surface area contributed by atoms with Crippen molar-refractivity contribution in [2.75, 3.05) is 7.05 Å². The first kappa shape index (κ1) is 19.5. The molecular weight excluding hydrogens is 363 g/mol. The fraction of sp³-hybridized carbons (Fsp3) is 0.235. The van der Waals surface area contributed by atoms with Crippen molar-refractivity contribution < 1.29 is 19.1 Å². The molecule has 9 heteroatoms. The van der Waals surface area contributed by atoms with E-state index in [4.69, 9.17) is 21.5 Å². The van der Waals surface area contributed by atoms with Crippen molar-refractivity contribution >= 4 is 23.4 Å². The van der Waals surface area contributed by atoms with Gasteiger partial charge < -0.3 is 15.3 Å². The van der Waals surface area contributed by atoms with E-state index in [0.717, 1.165) is 0 Å². The molecule has 2 N–H and O–H groups in total. The first-order valence-electron chi connectivity index (χ1n) is 7.66. The highest BCUT2D eigenvalue weighted by Gasteiger charge is 2.15. The van der Waals surface area contributed by atoms with E-state index in [9.17, 15) is 9.18 Å². The Balaban J connectivity index is 2.16. The van der Waals surface area contributed by atoms with Crippen molar-refractivity contribution in [1.29, 1.82) is 0 Å². The number of hydrogen-bond acceptors (Lipinski definition) is 5. The Kier molecular flexibility index (Phi) is 6.35. The molecule has 0 aliphatic rings. The second-order valence-corrected chi connectivity index (χ2v) is 5.87. The molecule has 1 heterocycles. The van der Waals surface area contributed by atoms with Gasteiger partial charge in [-0.1, -0.05) is 17.2 Å². The molecule has 0 radical (unpaired) electrons. The molecule has 1 unspecified atom stereocenters. The number of ether oxygens (including phenoxy) is 1. The molecule has 2 aromatic rings. The van der Waals surface area contributed by atoms with Gasteiger partial charge in [0, 0.05) is 25.4 Å². The van der Waals surface area contributed by atoms with Crippen molar-refractivity contribution in [3.05, 3.63) is 53.0 Å². The number of nitrogens with one attached hydrogen (secondary N) is 1. The van der Waals surface area contributed by atoms with E-state index in [1.807, 2.05) is 0 Å². The van der Waals surface area contributed by atoms with Crippen molar-refractivity contribution in [3.8, 4) is 11.6 Å². The lowest BCUT2D eigenvalue weighted by atomic mass is 10.0. The number of hydrogen-bond donors (Lipinski definition) is 2. The minimum Gasteiger partial charge on any atom is -0.416 e. The van der Waals surface area contributed by atoms with Crippen LogP contribution in [0.25, 0.3) is 5.69 Å². The predicted octanol–water partition coefficient (Wildman–Crippen LogP) is 3.16. The third kappa shape index (κ3) is 4.60. The summed E-state index contributed by atoms with van der Waals surface area (Å²) in [5.74, 6) is -1.09. The molecule has 138 valence electrons. The number of carbonyl (C=O) groups is 1. The molecule has 1 aromatic heterocycles. The van der Waals surface area contributed by atoms with Crippen LogP contribution in [0.3, 0.4) is 0 Å². The van der Waals surface area contributed by atoms with Gasteiger partial charge in [0.15, 0.2) is 0 Å². The molecule has 1 atom stereocenters. The Morgan fingerprint density at radius 1 is 1.50 bits per heavy atom. The van der Waals surface area contributed by atoms with Crippen molar-refractivity contribution in [2.24, 2.45) is 11.1 Å². The Morgan fingerprint density at radius 3 is 2.85 bits per heavy atom. The van der Waals surface area contributed by atoms with E-state index in [1.54, 1.807) is 20.0 Å². The summed E-state index contributed by atoms with van der Waals surface area (Å²) in [6.45, 7) is 3.43. The lowest BCUT2D eigenvalue weighted by Gasteiger charge is -2.10. The van der Waals surface area contributed by atoms with Crippen LogP contribution in [0.1, 0.15) is 13.8 Å². The summed E-state index contributed by atoms with van der Waals surface area (Å²) >= 11 is 5.76. The van der Waals surface area contributed by atoms with Crippen molar-refractivity contribution in [1.82, 2.24) is 15.1 Å². The highest BCUT2D eigenvalue weighted by Crippen LogP contribution is 2.20. The maximum atomic E-state index is 13.2. The fourth-order valence-electron chi connectivity index (χ4n) is 2.06. The zero-order valence-electron chi connectivity index (χ0n) is 14.4. The van der Waals surface area contributed by atoms with Crippen LogP contribution in [0, 0.1) is 11.7 Å². The van der Waals surface area contributed by atoms with Crippen LogP contribution >= 0.6 is 11.6 Å². The maximum absolute atomic E-state index is 13.2. The third-order valence-electron chi connectivity index (χ3n) is 3.71. The number of benzene rings is 1. The van der Waals surface area contributed by atoms with Crippen LogP contribution in [-0.4, -0.2) is 33.8 Å². The molecule has 7 nitrogen and oxygen atoms in total. The number of rotatable bonds is 5. The highest BCUT2D eigenvalue weighted by molar-refractivity contribution is 6.30. The normalized spacial score (nSPS) is 13.4. The smallest absolute Gasteiger partial charge is 0.256 e. The number of halogens is 2. The topological polar surface area (TPSA) is 88.7 Å². The number of nitrogens with zero attached hydrogens (tertiary/aromatic N) is 3. The minimum atomic E-state index is -0.528. The summed E-state index contributed by atoms with van der Waals surface area (Å²) in [5, 5.41) is 18.9. The molecule has 0 aliphatic heterocycles. The Labute approximate surface area is 154 Å². The van der Waals surface area contributed by atoms with Gasteiger partial charge in [0.05, 0.1) is 16.6 Å². The number of aromatic nitrogens is 2. The molecule has 1 amide bonds. The number of amides is 1. The Bertz CT molecular complexity index is 863. The molecule has 2 rings (SSSR count). The molecule has 0 aliphatic carbocycles. The first-order chi connectivity index (χ1) is 12.3. The molecule has 1 aromatic carbocycles. The Hall–Kier alpha value is -2.87. The monoisotopic (exact) mass is 380 g/mol. The van der Waals surface area contributed by atoms with E-state index >= 15 is 0 Å². The quantitative estimate of drug-likeness (QED) is 0.361. The van der Waals surface area contributed by atoms with Gasteiger partial charge in [0.2, 0.25) is 11.8 Å². The largest absolute Gasteiger partial charge is 0.416 e. The van der Waals surface area contributed by atoms with E-state index < -0.39 is 11.7 Å². The summed E-state index contributed by atoms with van der Waals surface area (Å²) in [7, 11) is 1.54. The average molecular weight is 381 g/mol. The van der Waals surface area contributed by atoms with Crippen molar-refractivity contribution in [2.45, 2.75) is 13.8 Å². The molecule has 0 fully saturated rings. The van der Waals surface area contributed by atoms with E-state index in [-0.39, 0.29) is 22.7 Å². The van der Waals surface area contributed by atoms with Gasteiger partial charge >= 0.3 is 0 Å². The summed E-state index contributed by atoms with van der Waals surface area (Å²) in [5.41, 5.74) is 1.18. The van der Waals surface area contributed by atoms with Gasteiger partial charge in [0.1, 0.15) is 5.82 Å². The fourth-order valence-corrected chi connectivity index (χ4v) is 2.24. The number of carbonyl (C=O) groups excluding carboxylic acids is 1. The second kappa shape index (κ2) is 8.48. The van der Waals surface area contributed by atoms with Crippen LogP contribution in [0.4, 0.5) is 4.39 Å². The van der Waals surface area contributed by atoms with Gasteiger partial charge in [-0.2, -0.15) is 0 Å². The first-order valence-corrected chi connectivity index (χ1v) is 8.04. The van der Waals surface area contributed by atoms with Gasteiger partial charge in [-0.15, -0.1) is 5.10 Å². The minimum absolute atomic E-state index is 0.0279. The summed E-state index contributed by atoms with van der Waals surface area (Å²) in [6, 6.07) is 5.69. The second-order valence-electron chi connectivity index (χ2n) is 5.46. The van der Waals surface area contributed by atoms with Crippen LogP contribution in [0.15, 0.2) is 47.3 Å². The third-order valence-corrected chi connectivity index (χ3v) is 4.00. The predicted molar refractivity (Wildman–Crippen MR) is 95.4 cm³/mol. The molecule has 0 bridgehead atoms. The van der Waals surface area contributed by atoms with Crippen LogP contribution in [0.5, 0.6) is 5.88 Å². The van der Waals surface area contributed by atoms with Gasteiger partial charge in [-0.25, -0.2) is 9.07 Å². The van der Waals surface area contributed by atoms with Crippen molar-refractivity contribution in [3.63, 3.8) is 0 Å². The maximum Gasteiger partial charge on any atom is 0.256 e. The highest BCUT2D eigenvalue weighted by atomic mass is 35.5. The lowest BCUT2D eigenvalue weighted by Crippen LogP contribution is -2.26. The van der Waals surface area contributed by atoms with Gasteiger partial charge in [-0.3, -0.25) is 4.79 Å². The van der Waals surface area contributed by atoms with Crippen LogP contribution in [0.2, 0.25) is 5.02 Å². The zero-order valence-corrected chi connectivity index (χ0v) is 15.2. The molecule has 0 saturated heterocycles. The molecule has 26 heavy (non-hydrogen) atoms. The summed E-state index contributed by atoms with van der Waals surface area (Å²) < 4.78 is 20.1. The summed E-state index contributed by atoms with van der Waals surface area (Å²) in [6.07, 6.45) is 3.02. The standard InChI is InChI=1S/C17H18ClFN4O3/c1-10(11(2)17(24)20-3)8-16(22-25)26-15-6-7-23(21-15)12-4-5-14(19)13(18)9-12/h4-9,11,25H,1-3H3,(H,20,24)/b10-8-,22-16-. The number of oxime groups is 1. The summed E-state index contributed by atoms with van der Waals surface area (Å²) in [4.78, 5) is 11.6. The van der Waals surface area contributed by atoms with E-state index in [1.165, 1.54) is 42.1 Å². The van der Waals surface area contributed by atoms with Gasteiger partial charge in [0.25, 0.3) is 5.90 Å². The zero-order chi connectivity index (χ0) is 19.3.